The number of carbonyl (C=O) groups is 2. The summed E-state index contributed by atoms with van der Waals surface area (Å²) in [7, 11) is 3.89. The number of hydrogen-bond acceptors (Lipinski definition) is 4. The van der Waals surface area contributed by atoms with Crippen LogP contribution in [0.2, 0.25) is 0 Å². The van der Waals surface area contributed by atoms with Crippen LogP contribution in [0.15, 0.2) is 24.5 Å². The second-order valence-electron chi connectivity index (χ2n) is 7.34. The van der Waals surface area contributed by atoms with Gasteiger partial charge < -0.3 is 9.47 Å². The minimum atomic E-state index is 0.0953. The molecule has 0 N–H and O–H groups in total. The van der Waals surface area contributed by atoms with Gasteiger partial charge in [-0.05, 0) is 31.9 Å². The molecule has 0 radical (unpaired) electrons. The number of rotatable bonds is 6. The first-order valence-electron chi connectivity index (χ1n) is 9.57. The van der Waals surface area contributed by atoms with Gasteiger partial charge in [0.1, 0.15) is 0 Å². The quantitative estimate of drug-likeness (QED) is 0.724. The third-order valence-electron chi connectivity index (χ3n) is 5.36. The second-order valence-corrected chi connectivity index (χ2v) is 7.34. The smallest absolute Gasteiger partial charge is 0.223 e. The molecular weight excluding hydrogens is 342 g/mol. The van der Waals surface area contributed by atoms with E-state index in [1.54, 1.807) is 13.1 Å². The number of amides is 1. The van der Waals surface area contributed by atoms with Crippen molar-refractivity contribution < 1.29 is 9.59 Å². The molecule has 7 nitrogen and oxygen atoms in total. The molecule has 0 aliphatic carbocycles. The zero-order chi connectivity index (χ0) is 19.4. The van der Waals surface area contributed by atoms with Gasteiger partial charge in [0.2, 0.25) is 5.91 Å². The topological polar surface area (TPSA) is 63.4 Å². The molecule has 146 valence electrons. The van der Waals surface area contributed by atoms with Gasteiger partial charge in [0.15, 0.2) is 5.78 Å². The number of aryl methyl sites for hydroxylation is 3. The Labute approximate surface area is 160 Å². The number of aromatic nitrogens is 3. The Kier molecular flexibility index (Phi) is 6.11. The first-order chi connectivity index (χ1) is 12.9. The molecule has 0 aromatic carbocycles. The van der Waals surface area contributed by atoms with Crippen molar-refractivity contribution in [1.29, 1.82) is 0 Å². The van der Waals surface area contributed by atoms with Gasteiger partial charge in [-0.3, -0.25) is 19.2 Å². The SMILES string of the molecule is CC(=O)c1cc(CN2CCCN(C(=O)CCc3ccnn3C)CC2)n(C)c1. The lowest BCUT2D eigenvalue weighted by Gasteiger charge is -2.22. The summed E-state index contributed by atoms with van der Waals surface area (Å²) in [5, 5.41) is 4.15. The van der Waals surface area contributed by atoms with E-state index in [2.05, 4.69) is 10.00 Å². The van der Waals surface area contributed by atoms with Crippen LogP contribution in [-0.2, 0) is 31.9 Å². The van der Waals surface area contributed by atoms with Gasteiger partial charge in [0.05, 0.1) is 0 Å². The Balaban J connectivity index is 1.52. The normalized spacial score (nSPS) is 15.7. The maximum absolute atomic E-state index is 12.6. The van der Waals surface area contributed by atoms with Crippen molar-refractivity contribution in [1.82, 2.24) is 24.1 Å². The highest BCUT2D eigenvalue weighted by atomic mass is 16.2. The van der Waals surface area contributed by atoms with Crippen molar-refractivity contribution in [2.45, 2.75) is 32.7 Å². The lowest BCUT2D eigenvalue weighted by atomic mass is 10.2. The highest BCUT2D eigenvalue weighted by molar-refractivity contribution is 5.94. The van der Waals surface area contributed by atoms with Crippen LogP contribution in [0.5, 0.6) is 0 Å². The molecule has 1 aliphatic rings. The third kappa shape index (κ3) is 4.86. The minimum Gasteiger partial charge on any atom is -0.353 e. The van der Waals surface area contributed by atoms with Crippen molar-refractivity contribution in [2.24, 2.45) is 14.1 Å². The summed E-state index contributed by atoms with van der Waals surface area (Å²) in [6.07, 6.45) is 5.89. The predicted molar refractivity (Wildman–Crippen MR) is 103 cm³/mol. The largest absolute Gasteiger partial charge is 0.353 e. The lowest BCUT2D eigenvalue weighted by Crippen LogP contribution is -2.35. The molecule has 27 heavy (non-hydrogen) atoms. The highest BCUT2D eigenvalue weighted by Gasteiger charge is 2.20. The maximum Gasteiger partial charge on any atom is 0.223 e. The molecule has 3 heterocycles. The zero-order valence-corrected chi connectivity index (χ0v) is 16.5. The molecule has 0 unspecified atom stereocenters. The second kappa shape index (κ2) is 8.52. The molecule has 3 rings (SSSR count). The molecule has 2 aromatic rings. The summed E-state index contributed by atoms with van der Waals surface area (Å²) in [5.74, 6) is 0.314. The van der Waals surface area contributed by atoms with Gasteiger partial charge in [0, 0.05) is 82.6 Å². The fourth-order valence-corrected chi connectivity index (χ4v) is 3.61. The van der Waals surface area contributed by atoms with Gasteiger partial charge >= 0.3 is 0 Å². The fraction of sp³-hybridized carbons (Fsp3) is 0.550. The summed E-state index contributed by atoms with van der Waals surface area (Å²) in [4.78, 5) is 28.5. The van der Waals surface area contributed by atoms with Crippen LogP contribution in [0, 0.1) is 0 Å². The molecule has 0 spiro atoms. The minimum absolute atomic E-state index is 0.0953. The van der Waals surface area contributed by atoms with Crippen LogP contribution < -0.4 is 0 Å². The first kappa shape index (κ1) is 19.4. The number of Topliss-reactive ketones (excluding diaryl/α,β-unsaturated/α-hetero) is 1. The van der Waals surface area contributed by atoms with E-state index in [0.717, 1.165) is 62.5 Å². The molecule has 1 fully saturated rings. The van der Waals surface area contributed by atoms with Crippen molar-refractivity contribution in [3.05, 3.63) is 41.5 Å². The molecule has 1 aliphatic heterocycles. The summed E-state index contributed by atoms with van der Waals surface area (Å²) in [5.41, 5.74) is 2.98. The van der Waals surface area contributed by atoms with E-state index in [9.17, 15) is 9.59 Å². The van der Waals surface area contributed by atoms with Crippen LogP contribution in [0.25, 0.3) is 0 Å². The van der Waals surface area contributed by atoms with Crippen LogP contribution in [0.1, 0.15) is 41.5 Å². The van der Waals surface area contributed by atoms with Crippen LogP contribution in [0.3, 0.4) is 0 Å². The van der Waals surface area contributed by atoms with Crippen LogP contribution in [-0.4, -0.2) is 62.0 Å². The average molecular weight is 371 g/mol. The van der Waals surface area contributed by atoms with Gasteiger partial charge in [-0.15, -0.1) is 0 Å². The molecule has 7 heteroatoms. The Morgan fingerprint density at radius 3 is 2.59 bits per heavy atom. The van der Waals surface area contributed by atoms with Crippen LogP contribution in [0.4, 0.5) is 0 Å². The van der Waals surface area contributed by atoms with E-state index in [1.165, 1.54) is 0 Å². The number of ketones is 1. The average Bonchev–Trinajstić information content (AvgIpc) is 3.11. The van der Waals surface area contributed by atoms with Crippen molar-refractivity contribution in [3.63, 3.8) is 0 Å². The monoisotopic (exact) mass is 371 g/mol. The Morgan fingerprint density at radius 2 is 1.93 bits per heavy atom. The molecule has 0 atom stereocenters. The van der Waals surface area contributed by atoms with E-state index >= 15 is 0 Å². The standard InChI is InChI=1S/C20H29N5O2/c1-16(26)17-13-19(22(2)14-17)15-24-9-4-10-25(12-11-24)20(27)6-5-18-7-8-21-23(18)3/h7-8,13-14H,4-6,9-12,15H2,1-3H3. The summed E-state index contributed by atoms with van der Waals surface area (Å²) in [6.45, 7) is 5.80. The van der Waals surface area contributed by atoms with Gasteiger partial charge in [-0.2, -0.15) is 5.10 Å². The summed E-state index contributed by atoms with van der Waals surface area (Å²) >= 11 is 0. The van der Waals surface area contributed by atoms with Crippen molar-refractivity contribution in [3.8, 4) is 0 Å². The van der Waals surface area contributed by atoms with E-state index in [4.69, 9.17) is 0 Å². The van der Waals surface area contributed by atoms with E-state index < -0.39 is 0 Å². The van der Waals surface area contributed by atoms with Gasteiger partial charge in [-0.25, -0.2) is 0 Å². The molecular formula is C20H29N5O2. The van der Waals surface area contributed by atoms with Crippen molar-refractivity contribution >= 4 is 11.7 Å². The molecule has 2 aromatic heterocycles. The Bertz CT molecular complexity index is 807. The molecule has 1 amide bonds. The number of nitrogens with zero attached hydrogens (tertiary/aromatic N) is 5. The molecule has 0 saturated carbocycles. The summed E-state index contributed by atoms with van der Waals surface area (Å²) < 4.78 is 3.85. The predicted octanol–water partition coefficient (Wildman–Crippen LogP) is 1.63. The maximum atomic E-state index is 12.6. The summed E-state index contributed by atoms with van der Waals surface area (Å²) in [6, 6.07) is 3.94. The Morgan fingerprint density at radius 1 is 1.11 bits per heavy atom. The molecule has 0 bridgehead atoms. The number of hydrogen-bond donors (Lipinski definition) is 0. The van der Waals surface area contributed by atoms with Gasteiger partial charge in [0.25, 0.3) is 0 Å². The number of carbonyl (C=O) groups excluding carboxylic acids is 2. The third-order valence-corrected chi connectivity index (χ3v) is 5.36. The van der Waals surface area contributed by atoms with Crippen LogP contribution >= 0.6 is 0 Å². The van der Waals surface area contributed by atoms with Crippen molar-refractivity contribution in [2.75, 3.05) is 26.2 Å². The van der Waals surface area contributed by atoms with Gasteiger partial charge in [-0.1, -0.05) is 0 Å². The first-order valence-corrected chi connectivity index (χ1v) is 9.57. The lowest BCUT2D eigenvalue weighted by molar-refractivity contribution is -0.131. The van der Waals surface area contributed by atoms with E-state index in [1.807, 2.05) is 46.6 Å². The highest BCUT2D eigenvalue weighted by Crippen LogP contribution is 2.14. The zero-order valence-electron chi connectivity index (χ0n) is 16.5. The fourth-order valence-electron chi connectivity index (χ4n) is 3.61. The molecule has 1 saturated heterocycles. The van der Waals surface area contributed by atoms with E-state index in [-0.39, 0.29) is 11.7 Å². The Hall–Kier alpha value is -2.41. The van der Waals surface area contributed by atoms with E-state index in [0.29, 0.717) is 6.42 Å².